The molecule has 0 spiro atoms. The van der Waals surface area contributed by atoms with Crippen LogP contribution in [0, 0.1) is 35.0 Å². The molecule has 3 aliphatic carbocycles. The molecule has 25 heavy (non-hydrogen) atoms. The van der Waals surface area contributed by atoms with Crippen molar-refractivity contribution in [3.05, 3.63) is 11.6 Å². The van der Waals surface area contributed by atoms with Crippen molar-refractivity contribution in [3.8, 4) is 0 Å². The number of ketones is 2. The Bertz CT molecular complexity index is 663. The van der Waals surface area contributed by atoms with Gasteiger partial charge in [0.25, 0.3) is 0 Å². The van der Waals surface area contributed by atoms with E-state index in [2.05, 4.69) is 0 Å². The van der Waals surface area contributed by atoms with Crippen molar-refractivity contribution in [1.29, 1.82) is 0 Å². The van der Waals surface area contributed by atoms with E-state index in [1.54, 1.807) is 6.92 Å². The number of hydrogen-bond acceptors (Lipinski definition) is 4. The standard InChI is InChI=1S/C20H28O5/c1-10(2)12-7-15(21)19(4)14-6-5-11(3)8-20(14,25)9-13(18(23)24)16(19)17(12)22/h9-12,14,16,25H,5-8H2,1-4H3,(H,23,24)/t11-,12-,14+,16+,19-,20+/m0/s1. The van der Waals surface area contributed by atoms with Gasteiger partial charge in [0, 0.05) is 29.2 Å². The molecule has 0 saturated heterocycles. The van der Waals surface area contributed by atoms with E-state index in [9.17, 15) is 24.6 Å². The molecule has 6 atom stereocenters. The fourth-order valence-electron chi connectivity index (χ4n) is 5.65. The molecule has 0 aliphatic heterocycles. The predicted octanol–water partition coefficient (Wildman–Crippen LogP) is 2.61. The number of carbonyl (C=O) groups excluding carboxylic acids is 2. The number of rotatable bonds is 2. The fraction of sp³-hybridized carbons (Fsp3) is 0.750. The number of carbonyl (C=O) groups is 3. The molecular weight excluding hydrogens is 320 g/mol. The zero-order valence-electron chi connectivity index (χ0n) is 15.4. The van der Waals surface area contributed by atoms with Gasteiger partial charge in [0.05, 0.1) is 11.5 Å². The van der Waals surface area contributed by atoms with Gasteiger partial charge in [-0.2, -0.15) is 0 Å². The second kappa shape index (κ2) is 5.76. The normalized spacial score (nSPS) is 44.2. The number of carboxylic acid groups (broad SMARTS) is 1. The van der Waals surface area contributed by atoms with E-state index in [1.807, 2.05) is 20.8 Å². The first-order valence-electron chi connectivity index (χ1n) is 9.27. The lowest BCUT2D eigenvalue weighted by atomic mass is 9.46. The van der Waals surface area contributed by atoms with E-state index in [4.69, 9.17) is 0 Å². The Morgan fingerprint density at radius 1 is 1.28 bits per heavy atom. The minimum atomic E-state index is -1.32. The van der Waals surface area contributed by atoms with Gasteiger partial charge in [-0.1, -0.05) is 34.1 Å². The minimum absolute atomic E-state index is 0.0109. The lowest BCUT2D eigenvalue weighted by molar-refractivity contribution is -0.169. The average Bonchev–Trinajstić information content (AvgIpc) is 2.48. The summed E-state index contributed by atoms with van der Waals surface area (Å²) in [6.45, 7) is 7.53. The molecular formula is C20H28O5. The third-order valence-electron chi connectivity index (χ3n) is 6.97. The molecule has 0 aromatic rings. The zero-order chi connectivity index (χ0) is 18.7. The van der Waals surface area contributed by atoms with Crippen LogP contribution in [-0.4, -0.2) is 33.3 Å². The number of carboxylic acids is 1. The molecule has 2 N–H and O–H groups in total. The topological polar surface area (TPSA) is 91.7 Å². The van der Waals surface area contributed by atoms with Crippen molar-refractivity contribution >= 4 is 17.5 Å². The molecule has 0 radical (unpaired) electrons. The Labute approximate surface area is 148 Å². The number of aliphatic hydroxyl groups is 1. The van der Waals surface area contributed by atoms with Crippen LogP contribution in [0.2, 0.25) is 0 Å². The molecule has 0 amide bonds. The third kappa shape index (κ3) is 2.50. The molecule has 2 saturated carbocycles. The van der Waals surface area contributed by atoms with Crippen LogP contribution in [0.5, 0.6) is 0 Å². The smallest absolute Gasteiger partial charge is 0.332 e. The summed E-state index contributed by atoms with van der Waals surface area (Å²) in [5, 5.41) is 21.0. The van der Waals surface area contributed by atoms with E-state index < -0.39 is 34.7 Å². The monoisotopic (exact) mass is 348 g/mol. The molecule has 5 nitrogen and oxygen atoms in total. The second-order valence-corrected chi connectivity index (χ2v) is 8.93. The maximum absolute atomic E-state index is 13.2. The maximum atomic E-state index is 13.2. The summed E-state index contributed by atoms with van der Waals surface area (Å²) in [5.74, 6) is -2.96. The van der Waals surface area contributed by atoms with E-state index in [0.29, 0.717) is 12.8 Å². The first-order chi connectivity index (χ1) is 11.5. The summed E-state index contributed by atoms with van der Waals surface area (Å²) >= 11 is 0. The van der Waals surface area contributed by atoms with Crippen molar-refractivity contribution in [2.24, 2.45) is 35.0 Å². The summed E-state index contributed by atoms with van der Waals surface area (Å²) < 4.78 is 0. The quantitative estimate of drug-likeness (QED) is 0.800. The molecule has 0 aromatic carbocycles. The third-order valence-corrected chi connectivity index (χ3v) is 6.97. The van der Waals surface area contributed by atoms with Crippen LogP contribution in [0.1, 0.15) is 53.4 Å². The van der Waals surface area contributed by atoms with E-state index in [-0.39, 0.29) is 35.4 Å². The van der Waals surface area contributed by atoms with Crippen molar-refractivity contribution in [1.82, 2.24) is 0 Å². The SMILES string of the molecule is CC(C)[C@@H]1CC(=O)[C@@]2(C)[C@@H](C1=O)C(C(=O)O)=C[C@]1(O)C[C@@H](C)CC[C@H]21. The Balaban J connectivity index is 2.20. The highest BCUT2D eigenvalue weighted by Crippen LogP contribution is 2.59. The fourth-order valence-corrected chi connectivity index (χ4v) is 5.65. The summed E-state index contributed by atoms with van der Waals surface area (Å²) in [6.07, 6.45) is 3.50. The molecule has 0 heterocycles. The molecule has 0 aromatic heterocycles. The number of hydrogen-bond donors (Lipinski definition) is 2. The van der Waals surface area contributed by atoms with E-state index in [0.717, 1.165) is 6.42 Å². The van der Waals surface area contributed by atoms with Crippen LogP contribution in [0.4, 0.5) is 0 Å². The van der Waals surface area contributed by atoms with Gasteiger partial charge in [0.2, 0.25) is 0 Å². The molecule has 5 heteroatoms. The number of Topliss-reactive ketones (excluding diaryl/α,β-unsaturated/α-hetero) is 2. The molecule has 0 bridgehead atoms. The van der Waals surface area contributed by atoms with Crippen LogP contribution >= 0.6 is 0 Å². The minimum Gasteiger partial charge on any atom is -0.478 e. The van der Waals surface area contributed by atoms with Crippen LogP contribution in [0.15, 0.2) is 11.6 Å². The van der Waals surface area contributed by atoms with Crippen molar-refractivity contribution < 1.29 is 24.6 Å². The number of fused-ring (bicyclic) bond motifs is 3. The van der Waals surface area contributed by atoms with Gasteiger partial charge in [-0.3, -0.25) is 9.59 Å². The number of aliphatic carboxylic acids is 1. The summed E-state index contributed by atoms with van der Waals surface area (Å²) in [4.78, 5) is 38.3. The zero-order valence-corrected chi connectivity index (χ0v) is 15.4. The van der Waals surface area contributed by atoms with Gasteiger partial charge >= 0.3 is 5.97 Å². The van der Waals surface area contributed by atoms with Crippen LogP contribution in [0.3, 0.4) is 0 Å². The van der Waals surface area contributed by atoms with Crippen molar-refractivity contribution in [2.75, 3.05) is 0 Å². The van der Waals surface area contributed by atoms with Gasteiger partial charge in [0.15, 0.2) is 0 Å². The highest BCUT2D eigenvalue weighted by atomic mass is 16.4. The molecule has 3 rings (SSSR count). The van der Waals surface area contributed by atoms with Crippen molar-refractivity contribution in [2.45, 2.75) is 59.0 Å². The van der Waals surface area contributed by atoms with Gasteiger partial charge in [-0.25, -0.2) is 4.79 Å². The van der Waals surface area contributed by atoms with Gasteiger partial charge < -0.3 is 10.2 Å². The largest absolute Gasteiger partial charge is 0.478 e. The molecule has 2 fully saturated rings. The van der Waals surface area contributed by atoms with Gasteiger partial charge in [-0.15, -0.1) is 0 Å². The predicted molar refractivity (Wildman–Crippen MR) is 91.7 cm³/mol. The Morgan fingerprint density at radius 2 is 1.92 bits per heavy atom. The lowest BCUT2D eigenvalue weighted by Gasteiger charge is -2.57. The highest BCUT2D eigenvalue weighted by Gasteiger charge is 2.65. The highest BCUT2D eigenvalue weighted by molar-refractivity contribution is 6.07. The molecule has 138 valence electrons. The van der Waals surface area contributed by atoms with Gasteiger partial charge in [-0.05, 0) is 30.8 Å². The summed E-state index contributed by atoms with van der Waals surface area (Å²) in [5.41, 5.74) is -2.53. The Kier molecular flexibility index (Phi) is 4.22. The maximum Gasteiger partial charge on any atom is 0.332 e. The van der Waals surface area contributed by atoms with Crippen LogP contribution in [-0.2, 0) is 14.4 Å². The molecule has 3 aliphatic rings. The summed E-state index contributed by atoms with van der Waals surface area (Å²) in [6, 6.07) is 0. The first kappa shape index (κ1) is 18.3. The lowest BCUT2D eigenvalue weighted by Crippen LogP contribution is -2.63. The van der Waals surface area contributed by atoms with Crippen molar-refractivity contribution in [3.63, 3.8) is 0 Å². The Hall–Kier alpha value is -1.49. The van der Waals surface area contributed by atoms with E-state index >= 15 is 0 Å². The molecule has 0 unspecified atom stereocenters. The Morgan fingerprint density at radius 3 is 2.48 bits per heavy atom. The first-order valence-corrected chi connectivity index (χ1v) is 9.27. The van der Waals surface area contributed by atoms with Crippen LogP contribution in [0.25, 0.3) is 0 Å². The van der Waals surface area contributed by atoms with Gasteiger partial charge in [0.1, 0.15) is 11.6 Å². The van der Waals surface area contributed by atoms with E-state index in [1.165, 1.54) is 6.08 Å². The van der Waals surface area contributed by atoms with Crippen LogP contribution < -0.4 is 0 Å². The second-order valence-electron chi connectivity index (χ2n) is 8.93. The summed E-state index contributed by atoms with van der Waals surface area (Å²) in [7, 11) is 0. The average molecular weight is 348 g/mol.